The SMILES string of the molecule is Cc1ccc(NC(=O)c2cc(Br)cc(N)c2C)cc1Br. The van der Waals surface area contributed by atoms with Gasteiger partial charge in [0.15, 0.2) is 0 Å². The number of rotatable bonds is 2. The molecule has 2 aromatic carbocycles. The largest absolute Gasteiger partial charge is 0.398 e. The molecule has 2 rings (SSSR count). The topological polar surface area (TPSA) is 55.1 Å². The van der Waals surface area contributed by atoms with Crippen LogP contribution in [-0.4, -0.2) is 5.91 Å². The first-order chi connectivity index (χ1) is 9.38. The number of nitrogens with one attached hydrogen (secondary N) is 1. The summed E-state index contributed by atoms with van der Waals surface area (Å²) in [5, 5.41) is 2.88. The molecule has 1 amide bonds. The second-order valence-electron chi connectivity index (χ2n) is 4.59. The number of hydrogen-bond donors (Lipinski definition) is 2. The molecule has 0 unspecified atom stereocenters. The second kappa shape index (κ2) is 5.97. The molecule has 5 heteroatoms. The number of amides is 1. The van der Waals surface area contributed by atoms with Gasteiger partial charge in [-0.3, -0.25) is 4.79 Å². The van der Waals surface area contributed by atoms with Gasteiger partial charge in [0.05, 0.1) is 0 Å². The van der Waals surface area contributed by atoms with Crippen molar-refractivity contribution >= 4 is 49.1 Å². The maximum absolute atomic E-state index is 12.3. The highest BCUT2D eigenvalue weighted by atomic mass is 79.9. The van der Waals surface area contributed by atoms with Crippen LogP contribution in [0.4, 0.5) is 11.4 Å². The third-order valence-electron chi connectivity index (χ3n) is 3.09. The lowest BCUT2D eigenvalue weighted by Gasteiger charge is -2.11. The Balaban J connectivity index is 2.30. The summed E-state index contributed by atoms with van der Waals surface area (Å²) in [6.07, 6.45) is 0. The number of nitrogen functional groups attached to an aromatic ring is 1. The Morgan fingerprint density at radius 3 is 2.50 bits per heavy atom. The highest BCUT2D eigenvalue weighted by Crippen LogP contribution is 2.25. The van der Waals surface area contributed by atoms with Crippen LogP contribution < -0.4 is 11.1 Å². The van der Waals surface area contributed by atoms with Crippen LogP contribution in [0.5, 0.6) is 0 Å². The fraction of sp³-hybridized carbons (Fsp3) is 0.133. The molecule has 0 aliphatic carbocycles. The summed E-state index contributed by atoms with van der Waals surface area (Å²) >= 11 is 6.81. The lowest BCUT2D eigenvalue weighted by atomic mass is 10.1. The third-order valence-corrected chi connectivity index (χ3v) is 4.40. The predicted molar refractivity (Wildman–Crippen MR) is 90.1 cm³/mol. The molecule has 0 aromatic heterocycles. The Labute approximate surface area is 134 Å². The summed E-state index contributed by atoms with van der Waals surface area (Å²) in [6.45, 7) is 3.83. The van der Waals surface area contributed by atoms with Gasteiger partial charge in [0.1, 0.15) is 0 Å². The van der Waals surface area contributed by atoms with E-state index in [1.165, 1.54) is 0 Å². The van der Waals surface area contributed by atoms with Gasteiger partial charge in [0, 0.05) is 25.9 Å². The Hall–Kier alpha value is -1.33. The van der Waals surface area contributed by atoms with Crippen molar-refractivity contribution in [3.63, 3.8) is 0 Å². The van der Waals surface area contributed by atoms with Crippen molar-refractivity contribution in [1.82, 2.24) is 0 Å². The van der Waals surface area contributed by atoms with E-state index < -0.39 is 0 Å². The van der Waals surface area contributed by atoms with E-state index in [9.17, 15) is 4.79 Å². The van der Waals surface area contributed by atoms with Gasteiger partial charge in [-0.05, 0) is 49.2 Å². The number of carbonyl (C=O) groups excluding carboxylic acids is 1. The molecule has 3 N–H and O–H groups in total. The molecular weight excluding hydrogens is 384 g/mol. The van der Waals surface area contributed by atoms with Gasteiger partial charge in [0.25, 0.3) is 5.91 Å². The average molecular weight is 398 g/mol. The number of benzene rings is 2. The number of nitrogens with two attached hydrogens (primary N) is 1. The van der Waals surface area contributed by atoms with Crippen LogP contribution in [0.2, 0.25) is 0 Å². The zero-order valence-corrected chi connectivity index (χ0v) is 14.3. The Bertz CT molecular complexity index is 684. The summed E-state index contributed by atoms with van der Waals surface area (Å²) in [6, 6.07) is 9.25. The quantitative estimate of drug-likeness (QED) is 0.723. The molecule has 0 heterocycles. The zero-order chi connectivity index (χ0) is 14.9. The van der Waals surface area contributed by atoms with Crippen molar-refractivity contribution in [1.29, 1.82) is 0 Å². The fourth-order valence-corrected chi connectivity index (χ4v) is 2.66. The van der Waals surface area contributed by atoms with Crippen molar-refractivity contribution in [2.45, 2.75) is 13.8 Å². The van der Waals surface area contributed by atoms with E-state index in [1.807, 2.05) is 32.0 Å². The van der Waals surface area contributed by atoms with Crippen LogP contribution >= 0.6 is 31.9 Å². The standard InChI is InChI=1S/C15H14Br2N2O/c1-8-3-4-11(7-13(8)17)19-15(20)12-5-10(16)6-14(18)9(12)2/h3-7H,18H2,1-2H3,(H,19,20). The van der Waals surface area contributed by atoms with Crippen molar-refractivity contribution in [2.75, 3.05) is 11.1 Å². The molecule has 104 valence electrons. The van der Waals surface area contributed by atoms with Crippen LogP contribution in [0.25, 0.3) is 0 Å². The number of aryl methyl sites for hydroxylation is 1. The fourth-order valence-electron chi connectivity index (χ4n) is 1.81. The molecule has 0 atom stereocenters. The Morgan fingerprint density at radius 2 is 1.85 bits per heavy atom. The maximum Gasteiger partial charge on any atom is 0.256 e. The highest BCUT2D eigenvalue weighted by Gasteiger charge is 2.13. The van der Waals surface area contributed by atoms with Crippen molar-refractivity contribution in [3.8, 4) is 0 Å². The van der Waals surface area contributed by atoms with Crippen LogP contribution in [0.15, 0.2) is 39.3 Å². The first kappa shape index (κ1) is 15.1. The molecule has 3 nitrogen and oxygen atoms in total. The molecule has 0 saturated heterocycles. The minimum atomic E-state index is -0.175. The first-order valence-electron chi connectivity index (χ1n) is 6.01. The van der Waals surface area contributed by atoms with Crippen LogP contribution in [0.1, 0.15) is 21.5 Å². The summed E-state index contributed by atoms with van der Waals surface area (Å²) in [7, 11) is 0. The van der Waals surface area contributed by atoms with E-state index in [0.717, 1.165) is 25.8 Å². The van der Waals surface area contributed by atoms with Crippen LogP contribution in [-0.2, 0) is 0 Å². The molecule has 0 radical (unpaired) electrons. The van der Waals surface area contributed by atoms with Gasteiger partial charge in [-0.25, -0.2) is 0 Å². The van der Waals surface area contributed by atoms with E-state index >= 15 is 0 Å². The second-order valence-corrected chi connectivity index (χ2v) is 6.36. The summed E-state index contributed by atoms with van der Waals surface area (Å²) in [4.78, 5) is 12.3. The molecule has 0 bridgehead atoms. The summed E-state index contributed by atoms with van der Waals surface area (Å²) in [5.41, 5.74) is 9.67. The van der Waals surface area contributed by atoms with E-state index in [4.69, 9.17) is 5.73 Å². The number of halogens is 2. The Morgan fingerprint density at radius 1 is 1.15 bits per heavy atom. The lowest BCUT2D eigenvalue weighted by Crippen LogP contribution is -2.14. The van der Waals surface area contributed by atoms with Gasteiger partial charge < -0.3 is 11.1 Å². The number of hydrogen-bond acceptors (Lipinski definition) is 2. The van der Waals surface area contributed by atoms with E-state index in [2.05, 4.69) is 37.2 Å². The zero-order valence-electron chi connectivity index (χ0n) is 11.1. The van der Waals surface area contributed by atoms with Crippen molar-refractivity contribution in [3.05, 3.63) is 56.0 Å². The lowest BCUT2D eigenvalue weighted by molar-refractivity contribution is 0.102. The average Bonchev–Trinajstić information content (AvgIpc) is 2.38. The number of anilines is 2. The summed E-state index contributed by atoms with van der Waals surface area (Å²) < 4.78 is 1.75. The van der Waals surface area contributed by atoms with Crippen molar-refractivity contribution in [2.24, 2.45) is 0 Å². The van der Waals surface area contributed by atoms with E-state index in [1.54, 1.807) is 12.1 Å². The van der Waals surface area contributed by atoms with Crippen LogP contribution in [0.3, 0.4) is 0 Å². The predicted octanol–water partition coefficient (Wildman–Crippen LogP) is 4.66. The van der Waals surface area contributed by atoms with E-state index in [0.29, 0.717) is 11.3 Å². The van der Waals surface area contributed by atoms with Gasteiger partial charge in [0.2, 0.25) is 0 Å². The van der Waals surface area contributed by atoms with Gasteiger partial charge in [-0.1, -0.05) is 37.9 Å². The first-order valence-corrected chi connectivity index (χ1v) is 7.60. The molecule has 0 aliphatic rings. The third kappa shape index (κ3) is 3.22. The van der Waals surface area contributed by atoms with Gasteiger partial charge in [-0.15, -0.1) is 0 Å². The van der Waals surface area contributed by atoms with Crippen molar-refractivity contribution < 1.29 is 4.79 Å². The number of carbonyl (C=O) groups is 1. The van der Waals surface area contributed by atoms with Gasteiger partial charge >= 0.3 is 0 Å². The molecule has 0 fully saturated rings. The molecule has 2 aromatic rings. The minimum absolute atomic E-state index is 0.175. The van der Waals surface area contributed by atoms with Crippen LogP contribution in [0, 0.1) is 13.8 Å². The van der Waals surface area contributed by atoms with Gasteiger partial charge in [-0.2, -0.15) is 0 Å². The normalized spacial score (nSPS) is 10.4. The minimum Gasteiger partial charge on any atom is -0.398 e. The summed E-state index contributed by atoms with van der Waals surface area (Å²) in [5.74, 6) is -0.175. The molecular formula is C15H14Br2N2O. The monoisotopic (exact) mass is 396 g/mol. The van der Waals surface area contributed by atoms with E-state index in [-0.39, 0.29) is 5.91 Å². The maximum atomic E-state index is 12.3. The Kier molecular flexibility index (Phi) is 4.50. The molecule has 0 spiro atoms. The molecule has 0 saturated carbocycles. The molecule has 20 heavy (non-hydrogen) atoms. The smallest absolute Gasteiger partial charge is 0.256 e. The highest BCUT2D eigenvalue weighted by molar-refractivity contribution is 9.10. The molecule has 0 aliphatic heterocycles.